The molecule has 2 aromatic carbocycles. The summed E-state index contributed by atoms with van der Waals surface area (Å²) in [6, 6.07) is 13.1. The molecular formula is C19H19Cl3N2O. The summed E-state index contributed by atoms with van der Waals surface area (Å²) in [6.07, 6.45) is 2.48. The Hall–Kier alpha value is -1.68. The van der Waals surface area contributed by atoms with Crippen LogP contribution in [0.15, 0.2) is 48.5 Å². The molecule has 1 heterocycles. The number of benzene rings is 2. The van der Waals surface area contributed by atoms with Crippen LogP contribution in [0.5, 0.6) is 0 Å². The van der Waals surface area contributed by atoms with E-state index in [1.807, 2.05) is 18.2 Å². The third-order valence-corrected chi connectivity index (χ3v) is 4.43. The molecule has 1 aliphatic heterocycles. The lowest BCUT2D eigenvalue weighted by Gasteiger charge is -2.35. The fourth-order valence-electron chi connectivity index (χ4n) is 2.89. The zero-order chi connectivity index (χ0) is 17.3. The molecule has 2 aromatic rings. The van der Waals surface area contributed by atoms with Crippen LogP contribution in [-0.2, 0) is 11.2 Å². The van der Waals surface area contributed by atoms with Gasteiger partial charge in [-0.1, -0.05) is 47.5 Å². The van der Waals surface area contributed by atoms with Crippen molar-refractivity contribution in [3.8, 4) is 0 Å². The Kier molecular flexibility index (Phi) is 6.04. The van der Waals surface area contributed by atoms with Gasteiger partial charge in [0.05, 0.1) is 10.7 Å². The molecule has 0 unspecified atom stereocenters. The van der Waals surface area contributed by atoms with Crippen molar-refractivity contribution in [1.29, 1.82) is 0 Å². The van der Waals surface area contributed by atoms with Crippen LogP contribution in [-0.4, -0.2) is 11.4 Å². The van der Waals surface area contributed by atoms with Crippen molar-refractivity contribution in [3.63, 3.8) is 0 Å². The molecule has 0 radical (unpaired) electrons. The quantitative estimate of drug-likeness (QED) is 0.673. The van der Waals surface area contributed by atoms with Crippen LogP contribution in [0.1, 0.15) is 25.0 Å². The zero-order valence-corrected chi connectivity index (χ0v) is 16.2. The van der Waals surface area contributed by atoms with E-state index in [-0.39, 0.29) is 23.9 Å². The Morgan fingerprint density at radius 1 is 1.20 bits per heavy atom. The van der Waals surface area contributed by atoms with Gasteiger partial charge in [0.2, 0.25) is 0 Å². The molecule has 6 heteroatoms. The minimum Gasteiger partial charge on any atom is -0.379 e. The number of hydrogen-bond acceptors (Lipinski definition) is 2. The number of carbonyl (C=O) groups excluding carboxylic acids is 1. The van der Waals surface area contributed by atoms with Crippen LogP contribution >= 0.6 is 35.6 Å². The number of amides is 1. The van der Waals surface area contributed by atoms with Crippen molar-refractivity contribution in [1.82, 2.24) is 5.32 Å². The van der Waals surface area contributed by atoms with Crippen molar-refractivity contribution < 1.29 is 4.79 Å². The van der Waals surface area contributed by atoms with Crippen LogP contribution in [0.25, 0.3) is 5.70 Å². The largest absolute Gasteiger partial charge is 0.379 e. The molecule has 25 heavy (non-hydrogen) atoms. The molecule has 0 aliphatic carbocycles. The Balaban J connectivity index is 0.00000225. The van der Waals surface area contributed by atoms with Crippen LogP contribution < -0.4 is 10.6 Å². The van der Waals surface area contributed by atoms with E-state index in [4.69, 9.17) is 23.2 Å². The topological polar surface area (TPSA) is 41.1 Å². The molecule has 1 aliphatic rings. The number of fused-ring (bicyclic) bond motifs is 1. The molecule has 0 aromatic heterocycles. The molecule has 0 saturated heterocycles. The maximum Gasteiger partial charge on any atom is 0.250 e. The van der Waals surface area contributed by atoms with Crippen molar-refractivity contribution in [2.75, 3.05) is 5.32 Å². The number of carbonyl (C=O) groups is 1. The molecule has 132 valence electrons. The molecule has 2 N–H and O–H groups in total. The lowest BCUT2D eigenvalue weighted by molar-refractivity contribution is -0.111. The van der Waals surface area contributed by atoms with Crippen molar-refractivity contribution in [3.05, 3.63) is 69.7 Å². The molecule has 3 rings (SSSR count). The first kappa shape index (κ1) is 19.6. The highest BCUT2D eigenvalue weighted by Gasteiger charge is 2.27. The van der Waals surface area contributed by atoms with E-state index >= 15 is 0 Å². The number of rotatable bonds is 2. The van der Waals surface area contributed by atoms with Crippen molar-refractivity contribution in [2.24, 2.45) is 0 Å². The first-order valence-electron chi connectivity index (χ1n) is 7.68. The van der Waals surface area contributed by atoms with E-state index in [9.17, 15) is 4.79 Å². The van der Waals surface area contributed by atoms with Crippen LogP contribution in [0.2, 0.25) is 10.0 Å². The van der Waals surface area contributed by atoms with Gasteiger partial charge in [0.15, 0.2) is 0 Å². The summed E-state index contributed by atoms with van der Waals surface area (Å²) < 4.78 is 0. The number of halogens is 3. The Morgan fingerprint density at radius 3 is 2.64 bits per heavy atom. The second-order valence-electron chi connectivity index (χ2n) is 6.51. The van der Waals surface area contributed by atoms with E-state index in [2.05, 4.69) is 30.5 Å². The highest BCUT2D eigenvalue weighted by Crippen LogP contribution is 2.30. The lowest BCUT2D eigenvalue weighted by atomic mass is 9.86. The smallest absolute Gasteiger partial charge is 0.250 e. The number of nitrogens with one attached hydrogen (secondary N) is 2. The van der Waals surface area contributed by atoms with Crippen LogP contribution in [0, 0.1) is 0 Å². The normalized spacial score (nSPS) is 16.4. The maximum atomic E-state index is 12.4. The van der Waals surface area contributed by atoms with Gasteiger partial charge >= 0.3 is 0 Å². The van der Waals surface area contributed by atoms with Gasteiger partial charge in [-0.25, -0.2) is 0 Å². The second kappa shape index (κ2) is 7.69. The predicted octanol–water partition coefficient (Wildman–Crippen LogP) is 5.32. The Labute approximate surface area is 163 Å². The average Bonchev–Trinajstić information content (AvgIpc) is 2.49. The van der Waals surface area contributed by atoms with Gasteiger partial charge < -0.3 is 10.6 Å². The minimum atomic E-state index is -0.241. The number of anilines is 1. The summed E-state index contributed by atoms with van der Waals surface area (Å²) in [5.74, 6) is -0.241. The summed E-state index contributed by atoms with van der Waals surface area (Å²) in [5, 5.41) is 7.17. The fourth-order valence-corrected chi connectivity index (χ4v) is 3.35. The third-order valence-electron chi connectivity index (χ3n) is 3.88. The summed E-state index contributed by atoms with van der Waals surface area (Å²) in [6.45, 7) is 4.23. The first-order chi connectivity index (χ1) is 11.3. The molecule has 0 spiro atoms. The highest BCUT2D eigenvalue weighted by atomic mass is 35.5. The third kappa shape index (κ3) is 4.69. The molecule has 0 bridgehead atoms. The first-order valence-corrected chi connectivity index (χ1v) is 8.44. The average molecular weight is 398 g/mol. The van der Waals surface area contributed by atoms with Crippen molar-refractivity contribution in [2.45, 2.75) is 25.8 Å². The Morgan fingerprint density at radius 2 is 1.92 bits per heavy atom. The summed E-state index contributed by atoms with van der Waals surface area (Å²) in [4.78, 5) is 12.4. The standard InChI is InChI=1S/C19H18Cl2N2O.ClH/c1-19(2)11-12-5-3-4-6-14(12)17(23-19)10-18(24)22-16-8-7-13(20)9-15(16)21;/h3-10,23H,11H2,1-2H3,(H,22,24);1H. The zero-order valence-electron chi connectivity index (χ0n) is 13.9. The predicted molar refractivity (Wildman–Crippen MR) is 108 cm³/mol. The van der Waals surface area contributed by atoms with Crippen molar-refractivity contribution >= 4 is 52.9 Å². The molecule has 1 amide bonds. The van der Waals surface area contributed by atoms with Gasteiger partial charge in [0.1, 0.15) is 0 Å². The van der Waals surface area contributed by atoms with E-state index in [0.717, 1.165) is 17.7 Å². The van der Waals surface area contributed by atoms with Gasteiger partial charge in [0.25, 0.3) is 5.91 Å². The Bertz CT molecular complexity index is 831. The second-order valence-corrected chi connectivity index (χ2v) is 7.36. The fraction of sp³-hybridized carbons (Fsp3) is 0.211. The summed E-state index contributed by atoms with van der Waals surface area (Å²) in [5.41, 5.74) is 3.51. The number of hydrogen-bond donors (Lipinski definition) is 2. The molecule has 0 atom stereocenters. The van der Waals surface area contributed by atoms with Gasteiger partial charge in [-0.05, 0) is 44.0 Å². The molecule has 0 fully saturated rings. The minimum absolute atomic E-state index is 0. The molecular weight excluding hydrogens is 379 g/mol. The van der Waals surface area contributed by atoms with Crippen LogP contribution in [0.4, 0.5) is 5.69 Å². The summed E-state index contributed by atoms with van der Waals surface area (Å²) >= 11 is 12.0. The van der Waals surface area contributed by atoms with Gasteiger partial charge in [-0.3, -0.25) is 4.79 Å². The lowest BCUT2D eigenvalue weighted by Crippen LogP contribution is -2.44. The molecule has 0 saturated carbocycles. The van der Waals surface area contributed by atoms with Gasteiger partial charge in [-0.2, -0.15) is 0 Å². The van der Waals surface area contributed by atoms with E-state index in [0.29, 0.717) is 15.7 Å². The SMILES string of the molecule is CC1(C)Cc2ccccc2C(=CC(=O)Nc2ccc(Cl)cc2Cl)N1.Cl. The highest BCUT2D eigenvalue weighted by molar-refractivity contribution is 6.36. The van der Waals surface area contributed by atoms with E-state index < -0.39 is 0 Å². The van der Waals surface area contributed by atoms with Gasteiger partial charge in [0, 0.05) is 27.9 Å². The monoisotopic (exact) mass is 396 g/mol. The van der Waals surface area contributed by atoms with Crippen LogP contribution in [0.3, 0.4) is 0 Å². The van der Waals surface area contributed by atoms with E-state index in [1.165, 1.54) is 5.56 Å². The molecule has 3 nitrogen and oxygen atoms in total. The summed E-state index contributed by atoms with van der Waals surface area (Å²) in [7, 11) is 0. The van der Waals surface area contributed by atoms with E-state index in [1.54, 1.807) is 24.3 Å². The van der Waals surface area contributed by atoms with Gasteiger partial charge in [-0.15, -0.1) is 12.4 Å². The maximum absolute atomic E-state index is 12.4.